The molecule has 56 valence electrons. The second-order valence-corrected chi connectivity index (χ2v) is 2.99. The summed E-state index contributed by atoms with van der Waals surface area (Å²) in [4.78, 5) is 0. The average Bonchev–Trinajstić information content (AvgIpc) is 1.87. The van der Waals surface area contributed by atoms with Crippen LogP contribution in [-0.2, 0) is 0 Å². The maximum atomic E-state index is 9.24. The molecule has 1 nitrogen and oxygen atoms in total. The van der Waals surface area contributed by atoms with Gasteiger partial charge in [0.05, 0.1) is 6.10 Å². The third-order valence-electron chi connectivity index (χ3n) is 1.45. The fourth-order valence-corrected chi connectivity index (χ4v) is 0.909. The molecular formula is C7H16OS. The topological polar surface area (TPSA) is 20.2 Å². The number of aliphatic hydroxyl groups excluding tert-OH is 1. The van der Waals surface area contributed by atoms with E-state index < -0.39 is 0 Å². The second kappa shape index (κ2) is 5.12. The van der Waals surface area contributed by atoms with Crippen LogP contribution in [0.2, 0.25) is 0 Å². The third kappa shape index (κ3) is 3.82. The van der Waals surface area contributed by atoms with Crippen LogP contribution < -0.4 is 0 Å². The van der Waals surface area contributed by atoms with Crippen molar-refractivity contribution in [3.05, 3.63) is 0 Å². The lowest BCUT2D eigenvalue weighted by Crippen LogP contribution is -2.19. The second-order valence-electron chi connectivity index (χ2n) is 2.33. The van der Waals surface area contributed by atoms with Crippen molar-refractivity contribution in [3.63, 3.8) is 0 Å². The third-order valence-corrected chi connectivity index (χ3v) is 2.16. The Hall–Kier alpha value is 0.310. The Labute approximate surface area is 62.9 Å². The van der Waals surface area contributed by atoms with E-state index in [1.54, 1.807) is 0 Å². The molecule has 0 aromatic carbocycles. The average molecular weight is 148 g/mol. The molecule has 0 aliphatic carbocycles. The lowest BCUT2D eigenvalue weighted by atomic mass is 10.1. The first-order valence-electron chi connectivity index (χ1n) is 3.58. The van der Waals surface area contributed by atoms with Crippen LogP contribution in [-0.4, -0.2) is 16.5 Å². The van der Waals surface area contributed by atoms with Gasteiger partial charge in [-0.05, 0) is 12.8 Å². The van der Waals surface area contributed by atoms with Gasteiger partial charge in [-0.3, -0.25) is 0 Å². The first kappa shape index (κ1) is 9.31. The van der Waals surface area contributed by atoms with Crippen LogP contribution in [0.5, 0.6) is 0 Å². The van der Waals surface area contributed by atoms with E-state index >= 15 is 0 Å². The highest BCUT2D eigenvalue weighted by atomic mass is 32.1. The fraction of sp³-hybridized carbons (Fsp3) is 1.00. The Bertz CT molecular complexity index is 65.9. The summed E-state index contributed by atoms with van der Waals surface area (Å²) in [5.41, 5.74) is 0. The standard InChI is InChI=1S/C7H16OS/c1-3-5-6(8)7(9)4-2/h6-9H,3-5H2,1-2H3. The Morgan fingerprint density at radius 1 is 1.44 bits per heavy atom. The minimum Gasteiger partial charge on any atom is -0.392 e. The van der Waals surface area contributed by atoms with Crippen LogP contribution in [0.15, 0.2) is 0 Å². The van der Waals surface area contributed by atoms with E-state index in [-0.39, 0.29) is 11.4 Å². The zero-order chi connectivity index (χ0) is 7.28. The Morgan fingerprint density at radius 3 is 2.33 bits per heavy atom. The van der Waals surface area contributed by atoms with Gasteiger partial charge < -0.3 is 5.11 Å². The van der Waals surface area contributed by atoms with Crippen LogP contribution in [0.4, 0.5) is 0 Å². The number of aliphatic hydroxyl groups is 1. The van der Waals surface area contributed by atoms with Gasteiger partial charge in [0.15, 0.2) is 0 Å². The first-order chi connectivity index (χ1) is 4.22. The summed E-state index contributed by atoms with van der Waals surface area (Å²) >= 11 is 4.21. The monoisotopic (exact) mass is 148 g/mol. The quantitative estimate of drug-likeness (QED) is 0.583. The zero-order valence-electron chi connectivity index (χ0n) is 6.17. The number of hydrogen-bond donors (Lipinski definition) is 2. The number of hydrogen-bond acceptors (Lipinski definition) is 2. The molecule has 2 unspecified atom stereocenters. The first-order valence-corrected chi connectivity index (χ1v) is 4.10. The van der Waals surface area contributed by atoms with Gasteiger partial charge in [-0.25, -0.2) is 0 Å². The molecule has 9 heavy (non-hydrogen) atoms. The van der Waals surface area contributed by atoms with Gasteiger partial charge >= 0.3 is 0 Å². The molecule has 0 rings (SSSR count). The smallest absolute Gasteiger partial charge is 0.0656 e. The molecule has 0 radical (unpaired) electrons. The van der Waals surface area contributed by atoms with Gasteiger partial charge in [0, 0.05) is 5.25 Å². The van der Waals surface area contributed by atoms with Crippen molar-refractivity contribution in [1.29, 1.82) is 0 Å². The van der Waals surface area contributed by atoms with Gasteiger partial charge in [0.2, 0.25) is 0 Å². The molecule has 1 N–H and O–H groups in total. The molecule has 2 heteroatoms. The molecule has 0 saturated carbocycles. The molecular weight excluding hydrogens is 132 g/mol. The molecule has 2 atom stereocenters. The lowest BCUT2D eigenvalue weighted by molar-refractivity contribution is 0.159. The number of thiol groups is 1. The van der Waals surface area contributed by atoms with Crippen molar-refractivity contribution in [2.75, 3.05) is 0 Å². The highest BCUT2D eigenvalue weighted by molar-refractivity contribution is 7.81. The maximum absolute atomic E-state index is 9.24. The van der Waals surface area contributed by atoms with Crippen molar-refractivity contribution in [3.8, 4) is 0 Å². The van der Waals surface area contributed by atoms with Crippen molar-refractivity contribution in [1.82, 2.24) is 0 Å². The van der Waals surface area contributed by atoms with Crippen LogP contribution >= 0.6 is 12.6 Å². The summed E-state index contributed by atoms with van der Waals surface area (Å²) < 4.78 is 0. The molecule has 0 fully saturated rings. The van der Waals surface area contributed by atoms with E-state index in [1.165, 1.54) is 0 Å². The van der Waals surface area contributed by atoms with Crippen molar-refractivity contribution in [2.45, 2.75) is 44.5 Å². The predicted molar refractivity (Wildman–Crippen MR) is 44.0 cm³/mol. The van der Waals surface area contributed by atoms with E-state index in [1.807, 2.05) is 6.92 Å². The molecule has 0 amide bonds. The molecule has 0 spiro atoms. The van der Waals surface area contributed by atoms with Gasteiger partial charge in [-0.2, -0.15) is 12.6 Å². The minimum atomic E-state index is -0.205. The van der Waals surface area contributed by atoms with Gasteiger partial charge in [-0.1, -0.05) is 20.3 Å². The Morgan fingerprint density at radius 2 is 2.00 bits per heavy atom. The SMILES string of the molecule is CCCC(O)C(S)CC. The number of rotatable bonds is 4. The molecule has 0 aliphatic heterocycles. The molecule has 0 aliphatic rings. The minimum absolute atomic E-state index is 0.171. The van der Waals surface area contributed by atoms with Crippen LogP contribution in [0, 0.1) is 0 Å². The summed E-state index contributed by atoms with van der Waals surface area (Å²) in [5, 5.41) is 9.41. The van der Waals surface area contributed by atoms with E-state index in [2.05, 4.69) is 19.6 Å². The van der Waals surface area contributed by atoms with Crippen LogP contribution in [0.1, 0.15) is 33.1 Å². The van der Waals surface area contributed by atoms with E-state index in [0.717, 1.165) is 19.3 Å². The van der Waals surface area contributed by atoms with E-state index in [0.29, 0.717) is 0 Å². The predicted octanol–water partition coefficient (Wildman–Crippen LogP) is 1.86. The van der Waals surface area contributed by atoms with Crippen molar-refractivity contribution >= 4 is 12.6 Å². The summed E-state index contributed by atoms with van der Waals surface area (Å²) in [7, 11) is 0. The van der Waals surface area contributed by atoms with Gasteiger partial charge in [-0.15, -0.1) is 0 Å². The summed E-state index contributed by atoms with van der Waals surface area (Å²) in [6.07, 6.45) is 2.66. The van der Waals surface area contributed by atoms with E-state index in [4.69, 9.17) is 0 Å². The lowest BCUT2D eigenvalue weighted by Gasteiger charge is -2.14. The Balaban J connectivity index is 3.32. The normalized spacial score (nSPS) is 17.3. The Kier molecular flexibility index (Phi) is 5.30. The zero-order valence-corrected chi connectivity index (χ0v) is 7.06. The molecule has 0 aromatic heterocycles. The molecule has 0 aromatic rings. The molecule has 0 saturated heterocycles. The molecule has 0 bridgehead atoms. The maximum Gasteiger partial charge on any atom is 0.0656 e. The summed E-state index contributed by atoms with van der Waals surface area (Å²) in [6.45, 7) is 4.11. The van der Waals surface area contributed by atoms with Gasteiger partial charge in [0.1, 0.15) is 0 Å². The highest BCUT2D eigenvalue weighted by Gasteiger charge is 2.10. The van der Waals surface area contributed by atoms with Crippen molar-refractivity contribution in [2.24, 2.45) is 0 Å². The van der Waals surface area contributed by atoms with E-state index in [9.17, 15) is 5.11 Å². The summed E-state index contributed by atoms with van der Waals surface area (Å²) in [5.74, 6) is 0. The van der Waals surface area contributed by atoms with Crippen LogP contribution in [0.3, 0.4) is 0 Å². The summed E-state index contributed by atoms with van der Waals surface area (Å²) in [6, 6.07) is 0. The van der Waals surface area contributed by atoms with Crippen molar-refractivity contribution < 1.29 is 5.11 Å². The molecule has 0 heterocycles. The van der Waals surface area contributed by atoms with Crippen LogP contribution in [0.25, 0.3) is 0 Å². The van der Waals surface area contributed by atoms with Gasteiger partial charge in [0.25, 0.3) is 0 Å². The largest absolute Gasteiger partial charge is 0.392 e. The highest BCUT2D eigenvalue weighted by Crippen LogP contribution is 2.10. The fourth-order valence-electron chi connectivity index (χ4n) is 0.760.